The van der Waals surface area contributed by atoms with Gasteiger partial charge in [0.2, 0.25) is 0 Å². The summed E-state index contributed by atoms with van der Waals surface area (Å²) in [5.41, 5.74) is 1.16. The standard InChI is InChI=1S/C19H24N2O4/c1-18(2,3)12-7-11(8-13(16(12)23)19(4,5)6)21-9-14(17(24)25)20-15(21)10-22/h7-10,23H,1-6H3,(H,24,25). The molecule has 1 heterocycles. The third kappa shape index (κ3) is 3.57. The molecule has 0 saturated heterocycles. The Morgan fingerprint density at radius 3 is 1.92 bits per heavy atom. The predicted octanol–water partition coefficient (Wildman–Crippen LogP) is 3.68. The highest BCUT2D eigenvalue weighted by Gasteiger charge is 2.27. The van der Waals surface area contributed by atoms with Crippen LogP contribution >= 0.6 is 0 Å². The van der Waals surface area contributed by atoms with Crippen LogP contribution in [0.25, 0.3) is 5.69 Å². The second-order valence-corrected chi connectivity index (χ2v) is 8.17. The molecule has 134 valence electrons. The lowest BCUT2D eigenvalue weighted by molar-refractivity contribution is 0.0691. The number of aldehydes is 1. The van der Waals surface area contributed by atoms with Gasteiger partial charge in [-0.05, 0) is 23.0 Å². The average molecular weight is 344 g/mol. The summed E-state index contributed by atoms with van der Waals surface area (Å²) >= 11 is 0. The third-order valence-electron chi connectivity index (χ3n) is 4.05. The van der Waals surface area contributed by atoms with Crippen LogP contribution in [-0.4, -0.2) is 32.0 Å². The number of aromatic carboxylic acids is 1. The number of carboxylic acids is 1. The Balaban J connectivity index is 2.83. The van der Waals surface area contributed by atoms with E-state index in [9.17, 15) is 14.7 Å². The van der Waals surface area contributed by atoms with Gasteiger partial charge in [-0.1, -0.05) is 41.5 Å². The van der Waals surface area contributed by atoms with E-state index in [-0.39, 0.29) is 28.1 Å². The van der Waals surface area contributed by atoms with Crippen molar-refractivity contribution in [3.8, 4) is 11.4 Å². The Hall–Kier alpha value is -2.63. The molecule has 2 N–H and O–H groups in total. The predicted molar refractivity (Wildman–Crippen MR) is 95.0 cm³/mol. The van der Waals surface area contributed by atoms with Crippen LogP contribution < -0.4 is 0 Å². The Morgan fingerprint density at radius 2 is 1.56 bits per heavy atom. The van der Waals surface area contributed by atoms with E-state index in [2.05, 4.69) is 4.98 Å². The van der Waals surface area contributed by atoms with Gasteiger partial charge in [0.05, 0.1) is 0 Å². The normalized spacial score (nSPS) is 12.2. The fourth-order valence-electron chi connectivity index (χ4n) is 2.69. The molecule has 0 amide bonds. The second kappa shape index (κ2) is 6.02. The highest BCUT2D eigenvalue weighted by atomic mass is 16.4. The van der Waals surface area contributed by atoms with E-state index in [1.54, 1.807) is 12.1 Å². The molecule has 0 aliphatic carbocycles. The zero-order valence-corrected chi connectivity index (χ0v) is 15.4. The maximum absolute atomic E-state index is 11.3. The van der Waals surface area contributed by atoms with Gasteiger partial charge < -0.3 is 10.2 Å². The molecule has 6 heteroatoms. The molecule has 1 aromatic heterocycles. The number of benzene rings is 1. The van der Waals surface area contributed by atoms with E-state index in [1.165, 1.54) is 10.8 Å². The van der Waals surface area contributed by atoms with Crippen molar-refractivity contribution < 1.29 is 19.8 Å². The van der Waals surface area contributed by atoms with Crippen molar-refractivity contribution in [2.75, 3.05) is 0 Å². The van der Waals surface area contributed by atoms with E-state index in [0.29, 0.717) is 12.0 Å². The largest absolute Gasteiger partial charge is 0.507 e. The zero-order chi connectivity index (χ0) is 19.2. The number of carbonyl (C=O) groups is 2. The van der Waals surface area contributed by atoms with E-state index < -0.39 is 5.97 Å². The molecule has 0 bridgehead atoms. The topological polar surface area (TPSA) is 92.4 Å². The number of phenolic OH excluding ortho intramolecular Hbond substituents is 1. The van der Waals surface area contributed by atoms with Crippen LogP contribution in [0.3, 0.4) is 0 Å². The van der Waals surface area contributed by atoms with Crippen LogP contribution in [0.5, 0.6) is 5.75 Å². The van der Waals surface area contributed by atoms with Gasteiger partial charge >= 0.3 is 5.97 Å². The average Bonchev–Trinajstić information content (AvgIpc) is 2.89. The number of rotatable bonds is 3. The van der Waals surface area contributed by atoms with Crippen LogP contribution in [0.4, 0.5) is 0 Å². The van der Waals surface area contributed by atoms with Crippen LogP contribution in [0.2, 0.25) is 0 Å². The van der Waals surface area contributed by atoms with Gasteiger partial charge in [0.15, 0.2) is 17.8 Å². The Labute approximate surface area is 147 Å². The van der Waals surface area contributed by atoms with Gasteiger partial charge in [-0.25, -0.2) is 9.78 Å². The van der Waals surface area contributed by atoms with Crippen molar-refractivity contribution in [2.45, 2.75) is 52.4 Å². The molecular formula is C19H24N2O4. The molecule has 0 atom stereocenters. The molecular weight excluding hydrogens is 320 g/mol. The number of aromatic hydroxyl groups is 1. The summed E-state index contributed by atoms with van der Waals surface area (Å²) in [6.07, 6.45) is 1.84. The fourth-order valence-corrected chi connectivity index (χ4v) is 2.69. The summed E-state index contributed by atoms with van der Waals surface area (Å²) in [6.45, 7) is 11.9. The van der Waals surface area contributed by atoms with Crippen LogP contribution in [0, 0.1) is 0 Å². The molecule has 0 aliphatic heterocycles. The van der Waals surface area contributed by atoms with Gasteiger partial charge in [-0.15, -0.1) is 0 Å². The monoisotopic (exact) mass is 344 g/mol. The lowest BCUT2D eigenvalue weighted by atomic mass is 9.79. The first-order chi connectivity index (χ1) is 11.4. The summed E-state index contributed by atoms with van der Waals surface area (Å²) in [4.78, 5) is 26.4. The van der Waals surface area contributed by atoms with Crippen LogP contribution in [-0.2, 0) is 10.8 Å². The molecule has 6 nitrogen and oxygen atoms in total. The van der Waals surface area contributed by atoms with Gasteiger partial charge in [-0.2, -0.15) is 0 Å². The molecule has 0 spiro atoms. The summed E-state index contributed by atoms with van der Waals surface area (Å²) in [5, 5.41) is 19.9. The Bertz CT molecular complexity index is 801. The molecule has 0 saturated carbocycles. The van der Waals surface area contributed by atoms with E-state index in [4.69, 9.17) is 5.11 Å². The maximum atomic E-state index is 11.3. The highest BCUT2D eigenvalue weighted by molar-refractivity contribution is 5.87. The first kappa shape index (κ1) is 18.7. The molecule has 25 heavy (non-hydrogen) atoms. The summed E-state index contributed by atoms with van der Waals surface area (Å²) in [6, 6.07) is 3.54. The molecule has 1 aromatic carbocycles. The Kier molecular flexibility index (Phi) is 4.51. The number of hydrogen-bond donors (Lipinski definition) is 2. The van der Waals surface area contributed by atoms with Crippen molar-refractivity contribution in [1.29, 1.82) is 0 Å². The number of carboxylic acid groups (broad SMARTS) is 1. The van der Waals surface area contributed by atoms with Crippen molar-refractivity contribution in [3.63, 3.8) is 0 Å². The van der Waals surface area contributed by atoms with Gasteiger partial charge in [-0.3, -0.25) is 9.36 Å². The molecule has 0 radical (unpaired) electrons. The first-order valence-corrected chi connectivity index (χ1v) is 8.02. The van der Waals surface area contributed by atoms with Crippen molar-refractivity contribution in [3.05, 3.63) is 41.0 Å². The third-order valence-corrected chi connectivity index (χ3v) is 4.05. The van der Waals surface area contributed by atoms with Gasteiger partial charge in [0.1, 0.15) is 5.75 Å². The number of carbonyl (C=O) groups excluding carboxylic acids is 1. The molecule has 2 aromatic rings. The van der Waals surface area contributed by atoms with Crippen molar-refractivity contribution in [2.24, 2.45) is 0 Å². The second-order valence-electron chi connectivity index (χ2n) is 8.17. The number of phenols is 1. The molecule has 0 unspecified atom stereocenters. The number of imidazole rings is 1. The zero-order valence-electron chi connectivity index (χ0n) is 15.4. The first-order valence-electron chi connectivity index (χ1n) is 8.02. The minimum absolute atomic E-state index is 0.00260. The van der Waals surface area contributed by atoms with E-state index >= 15 is 0 Å². The maximum Gasteiger partial charge on any atom is 0.356 e. The van der Waals surface area contributed by atoms with Crippen LogP contribution in [0.1, 0.15) is 73.8 Å². The van der Waals surface area contributed by atoms with Crippen molar-refractivity contribution >= 4 is 12.3 Å². The summed E-state index contributed by atoms with van der Waals surface area (Å²) < 4.78 is 1.44. The SMILES string of the molecule is CC(C)(C)c1cc(-n2cc(C(=O)O)nc2C=O)cc(C(C)(C)C)c1O. The van der Waals surface area contributed by atoms with E-state index in [1.807, 2.05) is 41.5 Å². The Morgan fingerprint density at radius 1 is 1.08 bits per heavy atom. The number of hydrogen-bond acceptors (Lipinski definition) is 4. The quantitative estimate of drug-likeness (QED) is 0.829. The minimum Gasteiger partial charge on any atom is -0.507 e. The van der Waals surface area contributed by atoms with Gasteiger partial charge in [0.25, 0.3) is 0 Å². The summed E-state index contributed by atoms with van der Waals surface area (Å²) in [5.74, 6) is -0.981. The smallest absolute Gasteiger partial charge is 0.356 e. The van der Waals surface area contributed by atoms with E-state index in [0.717, 1.165) is 11.1 Å². The highest BCUT2D eigenvalue weighted by Crippen LogP contribution is 2.40. The van der Waals surface area contributed by atoms with Crippen molar-refractivity contribution in [1.82, 2.24) is 9.55 Å². The molecule has 2 rings (SSSR count). The number of aromatic nitrogens is 2. The number of nitrogens with zero attached hydrogens (tertiary/aromatic N) is 2. The van der Waals surface area contributed by atoms with Gasteiger partial charge in [0, 0.05) is 23.0 Å². The summed E-state index contributed by atoms with van der Waals surface area (Å²) in [7, 11) is 0. The lowest BCUT2D eigenvalue weighted by Gasteiger charge is -2.28. The van der Waals surface area contributed by atoms with Crippen LogP contribution in [0.15, 0.2) is 18.3 Å². The molecule has 0 fully saturated rings. The minimum atomic E-state index is -1.20. The molecule has 0 aliphatic rings. The lowest BCUT2D eigenvalue weighted by Crippen LogP contribution is -2.18. The fraction of sp³-hybridized carbons (Fsp3) is 0.421.